The van der Waals surface area contributed by atoms with Gasteiger partial charge in [0.1, 0.15) is 12.5 Å². The van der Waals surface area contributed by atoms with Crippen molar-refractivity contribution in [1.29, 1.82) is 0 Å². The van der Waals surface area contributed by atoms with Crippen LogP contribution in [0.1, 0.15) is 30.9 Å². The fraction of sp³-hybridized carbons (Fsp3) is 0.474. The lowest BCUT2D eigenvalue weighted by atomic mass is 10.1. The molecule has 0 fully saturated rings. The Hall–Kier alpha value is -2.74. The standard InChI is InChI=1S/C19H28N4O4/c1-5-6-7-27-12-22-19-21-11-14(18(20)23-19)8-13-9-15(24-2)17(26-4)16(10-13)25-3/h9-11H,5-8,12H2,1-4H3,(H3,20,21,22,23). The molecule has 0 unspecified atom stereocenters. The van der Waals surface area contributed by atoms with Crippen molar-refractivity contribution in [2.24, 2.45) is 0 Å². The third kappa shape index (κ3) is 5.62. The molecule has 0 aliphatic rings. The van der Waals surface area contributed by atoms with Gasteiger partial charge in [0.15, 0.2) is 11.5 Å². The molecule has 0 bridgehead atoms. The van der Waals surface area contributed by atoms with E-state index in [9.17, 15) is 0 Å². The van der Waals surface area contributed by atoms with E-state index in [4.69, 9.17) is 24.7 Å². The Morgan fingerprint density at radius 2 is 1.78 bits per heavy atom. The number of nitrogens with zero attached hydrogens (tertiary/aromatic N) is 2. The molecule has 8 nitrogen and oxygen atoms in total. The molecule has 3 N–H and O–H groups in total. The van der Waals surface area contributed by atoms with Crippen molar-refractivity contribution >= 4 is 11.8 Å². The maximum atomic E-state index is 6.10. The summed E-state index contributed by atoms with van der Waals surface area (Å²) in [6, 6.07) is 3.77. The largest absolute Gasteiger partial charge is 0.493 e. The normalized spacial score (nSPS) is 10.5. The third-order valence-corrected chi connectivity index (χ3v) is 3.99. The van der Waals surface area contributed by atoms with E-state index in [2.05, 4.69) is 22.2 Å². The van der Waals surface area contributed by atoms with E-state index in [1.165, 1.54) is 0 Å². The van der Waals surface area contributed by atoms with Crippen molar-refractivity contribution in [3.63, 3.8) is 0 Å². The number of nitrogens with two attached hydrogens (primary N) is 1. The van der Waals surface area contributed by atoms with Gasteiger partial charge < -0.3 is 30.0 Å². The maximum absolute atomic E-state index is 6.10. The number of rotatable bonds is 11. The Morgan fingerprint density at radius 3 is 2.33 bits per heavy atom. The molecule has 148 valence electrons. The fourth-order valence-electron chi connectivity index (χ4n) is 2.53. The number of hydrogen-bond acceptors (Lipinski definition) is 8. The Bertz CT molecular complexity index is 715. The molecule has 0 aliphatic heterocycles. The number of benzene rings is 1. The van der Waals surface area contributed by atoms with Crippen LogP contribution in [0, 0.1) is 0 Å². The highest BCUT2D eigenvalue weighted by Gasteiger charge is 2.14. The highest BCUT2D eigenvalue weighted by Crippen LogP contribution is 2.38. The second-order valence-corrected chi connectivity index (χ2v) is 5.90. The first kappa shape index (κ1) is 20.6. The minimum Gasteiger partial charge on any atom is -0.493 e. The molecule has 0 saturated heterocycles. The Labute approximate surface area is 160 Å². The van der Waals surface area contributed by atoms with Crippen LogP contribution in [0.5, 0.6) is 17.2 Å². The van der Waals surface area contributed by atoms with E-state index < -0.39 is 0 Å². The molecule has 2 aromatic rings. The van der Waals surface area contributed by atoms with Gasteiger partial charge in [-0.2, -0.15) is 4.98 Å². The molecule has 27 heavy (non-hydrogen) atoms. The van der Waals surface area contributed by atoms with Crippen LogP contribution < -0.4 is 25.3 Å². The van der Waals surface area contributed by atoms with E-state index in [-0.39, 0.29) is 0 Å². The van der Waals surface area contributed by atoms with Gasteiger partial charge >= 0.3 is 0 Å². The van der Waals surface area contributed by atoms with Crippen molar-refractivity contribution < 1.29 is 18.9 Å². The summed E-state index contributed by atoms with van der Waals surface area (Å²) in [6.45, 7) is 3.18. The van der Waals surface area contributed by atoms with Gasteiger partial charge in [-0.15, -0.1) is 0 Å². The summed E-state index contributed by atoms with van der Waals surface area (Å²) in [5.41, 5.74) is 7.85. The summed E-state index contributed by atoms with van der Waals surface area (Å²) in [6.07, 6.45) is 4.37. The monoisotopic (exact) mass is 376 g/mol. The summed E-state index contributed by atoms with van der Waals surface area (Å²) in [5.74, 6) is 2.59. The Kier molecular flexibility index (Phi) is 7.94. The summed E-state index contributed by atoms with van der Waals surface area (Å²) in [5, 5.41) is 3.01. The van der Waals surface area contributed by atoms with Crippen LogP contribution in [-0.2, 0) is 11.2 Å². The number of ether oxygens (including phenoxy) is 4. The highest BCUT2D eigenvalue weighted by atomic mass is 16.5. The van der Waals surface area contributed by atoms with Crippen LogP contribution in [0.4, 0.5) is 11.8 Å². The summed E-state index contributed by atoms with van der Waals surface area (Å²) in [7, 11) is 4.74. The quantitative estimate of drug-likeness (QED) is 0.456. The molecule has 1 aromatic carbocycles. The van der Waals surface area contributed by atoms with Crippen molar-refractivity contribution in [2.45, 2.75) is 26.2 Å². The van der Waals surface area contributed by atoms with Gasteiger partial charge in [-0.05, 0) is 24.1 Å². The number of nitrogen functional groups attached to an aromatic ring is 1. The SMILES string of the molecule is CCCCOCNc1ncc(Cc2cc(OC)c(OC)c(OC)c2)c(N)n1. The van der Waals surface area contributed by atoms with Crippen LogP contribution in [-0.4, -0.2) is 44.6 Å². The maximum Gasteiger partial charge on any atom is 0.226 e. The van der Waals surface area contributed by atoms with Gasteiger partial charge in [0.2, 0.25) is 11.7 Å². The number of aromatic nitrogens is 2. The van der Waals surface area contributed by atoms with Crippen molar-refractivity contribution in [2.75, 3.05) is 45.7 Å². The lowest BCUT2D eigenvalue weighted by molar-refractivity contribution is 0.148. The average molecular weight is 376 g/mol. The van der Waals surface area contributed by atoms with Crippen molar-refractivity contribution in [3.05, 3.63) is 29.5 Å². The van der Waals surface area contributed by atoms with Gasteiger partial charge in [0.05, 0.1) is 21.3 Å². The van der Waals surface area contributed by atoms with E-state index in [1.807, 2.05) is 12.1 Å². The summed E-state index contributed by atoms with van der Waals surface area (Å²) >= 11 is 0. The van der Waals surface area contributed by atoms with E-state index >= 15 is 0 Å². The molecule has 2 rings (SSSR count). The van der Waals surface area contributed by atoms with Crippen LogP contribution >= 0.6 is 0 Å². The van der Waals surface area contributed by atoms with E-state index in [1.54, 1.807) is 27.5 Å². The number of hydrogen-bond donors (Lipinski definition) is 2. The van der Waals surface area contributed by atoms with Gasteiger partial charge in [-0.3, -0.25) is 0 Å². The first-order chi connectivity index (χ1) is 13.1. The van der Waals surface area contributed by atoms with E-state index in [0.717, 1.165) is 24.0 Å². The zero-order chi connectivity index (χ0) is 19.6. The molecule has 0 aliphatic carbocycles. The van der Waals surface area contributed by atoms with E-state index in [0.29, 0.717) is 48.8 Å². The average Bonchev–Trinajstić information content (AvgIpc) is 2.68. The first-order valence-electron chi connectivity index (χ1n) is 8.84. The molecule has 8 heteroatoms. The lowest BCUT2D eigenvalue weighted by Crippen LogP contribution is -2.11. The van der Waals surface area contributed by atoms with Crippen LogP contribution in [0.25, 0.3) is 0 Å². The topological polar surface area (TPSA) is 101 Å². The Balaban J connectivity index is 2.09. The van der Waals surface area contributed by atoms with Crippen molar-refractivity contribution in [3.8, 4) is 17.2 Å². The molecule has 1 heterocycles. The minimum absolute atomic E-state index is 0.353. The molecule has 0 spiro atoms. The molecule has 1 aromatic heterocycles. The first-order valence-corrected chi connectivity index (χ1v) is 8.84. The minimum atomic E-state index is 0.353. The summed E-state index contributed by atoms with van der Waals surface area (Å²) < 4.78 is 21.6. The zero-order valence-corrected chi connectivity index (χ0v) is 16.4. The highest BCUT2D eigenvalue weighted by molar-refractivity contribution is 5.55. The number of unbranched alkanes of at least 4 members (excludes halogenated alkanes) is 1. The molecule has 0 saturated carbocycles. The van der Waals surface area contributed by atoms with Gasteiger partial charge in [0, 0.05) is 24.8 Å². The number of nitrogens with one attached hydrogen (secondary N) is 1. The summed E-state index contributed by atoms with van der Waals surface area (Å²) in [4.78, 5) is 8.60. The van der Waals surface area contributed by atoms with Gasteiger partial charge in [-0.1, -0.05) is 13.3 Å². The van der Waals surface area contributed by atoms with Gasteiger partial charge in [-0.25, -0.2) is 4.98 Å². The van der Waals surface area contributed by atoms with Crippen LogP contribution in [0.15, 0.2) is 18.3 Å². The second-order valence-electron chi connectivity index (χ2n) is 5.90. The van der Waals surface area contributed by atoms with Gasteiger partial charge in [0.25, 0.3) is 0 Å². The lowest BCUT2D eigenvalue weighted by Gasteiger charge is -2.14. The molecular weight excluding hydrogens is 348 g/mol. The number of anilines is 2. The predicted molar refractivity (Wildman–Crippen MR) is 105 cm³/mol. The van der Waals surface area contributed by atoms with Crippen LogP contribution in [0.2, 0.25) is 0 Å². The fourth-order valence-corrected chi connectivity index (χ4v) is 2.53. The van der Waals surface area contributed by atoms with Crippen LogP contribution in [0.3, 0.4) is 0 Å². The van der Waals surface area contributed by atoms with Crippen molar-refractivity contribution in [1.82, 2.24) is 9.97 Å². The second kappa shape index (κ2) is 10.4. The Morgan fingerprint density at radius 1 is 1.07 bits per heavy atom. The molecule has 0 atom stereocenters. The molecule has 0 amide bonds. The number of methoxy groups -OCH3 is 3. The zero-order valence-electron chi connectivity index (χ0n) is 16.4. The smallest absolute Gasteiger partial charge is 0.226 e. The third-order valence-electron chi connectivity index (χ3n) is 3.99. The molecular formula is C19H28N4O4. The molecule has 0 radical (unpaired) electrons. The predicted octanol–water partition coefficient (Wildman–Crippen LogP) is 2.86.